The molecule has 1 heterocycles. The minimum Gasteiger partial charge on any atom is -0.506 e. The van der Waals surface area contributed by atoms with E-state index in [0.29, 0.717) is 16.6 Å². The largest absolute Gasteiger partial charge is 0.506 e. The maximum atomic E-state index is 9.83. The highest BCUT2D eigenvalue weighted by atomic mass is 35.5. The van der Waals surface area contributed by atoms with E-state index in [0.717, 1.165) is 12.0 Å². The minimum atomic E-state index is 0.112. The molecule has 24 heavy (non-hydrogen) atoms. The Kier molecular flexibility index (Phi) is 4.31. The Morgan fingerprint density at radius 3 is 2.71 bits per heavy atom. The third-order valence-corrected chi connectivity index (χ3v) is 5.30. The zero-order valence-electron chi connectivity index (χ0n) is 14.5. The van der Waals surface area contributed by atoms with Gasteiger partial charge in [0.2, 0.25) is 0 Å². The second-order valence-corrected chi connectivity index (χ2v) is 7.56. The van der Waals surface area contributed by atoms with Crippen molar-refractivity contribution in [3.8, 4) is 5.75 Å². The molecule has 0 fully saturated rings. The van der Waals surface area contributed by atoms with Crippen molar-refractivity contribution >= 4 is 29.2 Å². The predicted octanol–water partition coefficient (Wildman–Crippen LogP) is 5.52. The number of hydrogen-bond acceptors (Lipinski definition) is 3. The van der Waals surface area contributed by atoms with Crippen molar-refractivity contribution in [2.75, 3.05) is 11.9 Å². The van der Waals surface area contributed by atoms with Crippen LogP contribution in [-0.4, -0.2) is 23.9 Å². The number of phenols is 1. The Balaban J connectivity index is 2.01. The number of hydrogen-bond donors (Lipinski definition) is 1. The highest BCUT2D eigenvalue weighted by Gasteiger charge is 2.34. The van der Waals surface area contributed by atoms with Crippen molar-refractivity contribution in [1.82, 2.24) is 0 Å². The SMILES string of the molecule is C[C@H]1CC(C)(C)N(C)c2cc(Cl)c(C=Nc3ccccc3O)cc21. The first-order chi connectivity index (χ1) is 11.3. The lowest BCUT2D eigenvalue weighted by Crippen LogP contribution is -2.45. The van der Waals surface area contributed by atoms with Crippen LogP contribution >= 0.6 is 11.6 Å². The maximum absolute atomic E-state index is 9.83. The molecule has 0 amide bonds. The van der Waals surface area contributed by atoms with Crippen molar-refractivity contribution in [2.24, 2.45) is 4.99 Å². The first kappa shape index (κ1) is 16.8. The zero-order chi connectivity index (χ0) is 17.5. The van der Waals surface area contributed by atoms with Gasteiger partial charge in [-0.3, -0.25) is 4.99 Å². The highest BCUT2D eigenvalue weighted by molar-refractivity contribution is 6.33. The molecule has 1 aliphatic heterocycles. The molecule has 2 aromatic carbocycles. The van der Waals surface area contributed by atoms with E-state index in [4.69, 9.17) is 11.6 Å². The van der Waals surface area contributed by atoms with Gasteiger partial charge >= 0.3 is 0 Å². The van der Waals surface area contributed by atoms with E-state index in [-0.39, 0.29) is 11.3 Å². The number of aromatic hydroxyl groups is 1. The normalized spacial score (nSPS) is 19.5. The summed E-state index contributed by atoms with van der Waals surface area (Å²) in [6.07, 6.45) is 2.82. The fourth-order valence-corrected chi connectivity index (χ4v) is 3.62. The molecule has 0 aliphatic carbocycles. The zero-order valence-corrected chi connectivity index (χ0v) is 15.3. The molecule has 3 nitrogen and oxygen atoms in total. The van der Waals surface area contributed by atoms with Crippen LogP contribution in [0.15, 0.2) is 41.4 Å². The molecule has 0 unspecified atom stereocenters. The number of anilines is 1. The molecule has 3 rings (SSSR count). The van der Waals surface area contributed by atoms with E-state index >= 15 is 0 Å². The second kappa shape index (κ2) is 6.14. The molecular formula is C20H23ClN2O. The van der Waals surface area contributed by atoms with Gasteiger partial charge in [-0.2, -0.15) is 0 Å². The Labute approximate surface area is 148 Å². The molecule has 2 aromatic rings. The molecule has 0 radical (unpaired) electrons. The summed E-state index contributed by atoms with van der Waals surface area (Å²) in [6, 6.07) is 11.2. The van der Waals surface area contributed by atoms with Gasteiger partial charge < -0.3 is 10.0 Å². The standard InChI is InChI=1S/C20H23ClN2O/c1-13-11-20(2,3)23(4)18-10-16(21)14(9-15(13)18)12-22-17-7-5-6-8-19(17)24/h5-10,12-13,24H,11H2,1-4H3/t13-/m0/s1. The smallest absolute Gasteiger partial charge is 0.141 e. The number of nitrogens with zero attached hydrogens (tertiary/aromatic N) is 2. The summed E-state index contributed by atoms with van der Waals surface area (Å²) in [5.41, 5.74) is 4.00. The molecule has 1 aliphatic rings. The van der Waals surface area contributed by atoms with Crippen LogP contribution < -0.4 is 4.90 Å². The van der Waals surface area contributed by atoms with Crippen LogP contribution in [0.25, 0.3) is 0 Å². The minimum absolute atomic E-state index is 0.112. The first-order valence-electron chi connectivity index (χ1n) is 8.19. The van der Waals surface area contributed by atoms with Crippen LogP contribution in [0.5, 0.6) is 5.75 Å². The quantitative estimate of drug-likeness (QED) is 0.729. The van der Waals surface area contributed by atoms with Crippen molar-refractivity contribution in [1.29, 1.82) is 0 Å². The van der Waals surface area contributed by atoms with Crippen LogP contribution in [0.4, 0.5) is 11.4 Å². The first-order valence-corrected chi connectivity index (χ1v) is 8.57. The fourth-order valence-electron chi connectivity index (χ4n) is 3.42. The van der Waals surface area contributed by atoms with Crippen LogP contribution in [0.2, 0.25) is 5.02 Å². The van der Waals surface area contributed by atoms with E-state index in [1.165, 1.54) is 11.3 Å². The maximum Gasteiger partial charge on any atom is 0.141 e. The van der Waals surface area contributed by atoms with Crippen molar-refractivity contribution in [2.45, 2.75) is 38.6 Å². The highest BCUT2D eigenvalue weighted by Crippen LogP contribution is 2.44. The lowest BCUT2D eigenvalue weighted by Gasteiger charge is -2.45. The lowest BCUT2D eigenvalue weighted by molar-refractivity contribution is 0.395. The average Bonchev–Trinajstić information content (AvgIpc) is 2.52. The van der Waals surface area contributed by atoms with Crippen molar-refractivity contribution < 1.29 is 5.11 Å². The summed E-state index contributed by atoms with van der Waals surface area (Å²) in [4.78, 5) is 6.69. The van der Waals surface area contributed by atoms with E-state index in [9.17, 15) is 5.11 Å². The Morgan fingerprint density at radius 1 is 1.29 bits per heavy atom. The molecule has 0 spiro atoms. The molecule has 0 aromatic heterocycles. The van der Waals surface area contributed by atoms with Crippen LogP contribution in [0.1, 0.15) is 44.2 Å². The van der Waals surface area contributed by atoms with Gasteiger partial charge in [-0.05, 0) is 56.0 Å². The summed E-state index contributed by atoms with van der Waals surface area (Å²) in [6.45, 7) is 6.77. The molecule has 1 N–H and O–H groups in total. The molecule has 1 atom stereocenters. The van der Waals surface area contributed by atoms with Crippen LogP contribution in [-0.2, 0) is 0 Å². The van der Waals surface area contributed by atoms with Gasteiger partial charge in [0.05, 0.1) is 5.02 Å². The lowest BCUT2D eigenvalue weighted by atomic mass is 9.80. The number of phenolic OH excluding ortho intramolecular Hbond substituents is 1. The summed E-state index contributed by atoms with van der Waals surface area (Å²) in [5, 5.41) is 10.5. The summed E-state index contributed by atoms with van der Waals surface area (Å²) < 4.78 is 0. The van der Waals surface area contributed by atoms with Gasteiger partial charge in [0, 0.05) is 30.1 Å². The number of para-hydroxylation sites is 2. The number of halogens is 1. The van der Waals surface area contributed by atoms with E-state index in [2.05, 4.69) is 43.8 Å². The summed E-state index contributed by atoms with van der Waals surface area (Å²) >= 11 is 6.49. The average molecular weight is 343 g/mol. The molecule has 0 saturated carbocycles. The number of aliphatic imine (C=N–C) groups is 1. The third kappa shape index (κ3) is 3.01. The second-order valence-electron chi connectivity index (χ2n) is 7.16. The Hall–Kier alpha value is -2.00. The molecule has 4 heteroatoms. The number of benzene rings is 2. The van der Waals surface area contributed by atoms with Gasteiger partial charge in [0.15, 0.2) is 0 Å². The monoisotopic (exact) mass is 342 g/mol. The molecule has 0 saturated heterocycles. The van der Waals surface area contributed by atoms with Gasteiger partial charge in [-0.15, -0.1) is 0 Å². The van der Waals surface area contributed by atoms with Gasteiger partial charge in [0.1, 0.15) is 11.4 Å². The van der Waals surface area contributed by atoms with Crippen LogP contribution in [0.3, 0.4) is 0 Å². The number of fused-ring (bicyclic) bond motifs is 1. The van der Waals surface area contributed by atoms with Crippen molar-refractivity contribution in [3.05, 3.63) is 52.5 Å². The molecular weight excluding hydrogens is 320 g/mol. The van der Waals surface area contributed by atoms with Gasteiger partial charge in [0.25, 0.3) is 0 Å². The third-order valence-electron chi connectivity index (χ3n) is 4.98. The van der Waals surface area contributed by atoms with E-state index in [1.54, 1.807) is 24.4 Å². The number of rotatable bonds is 2. The van der Waals surface area contributed by atoms with Gasteiger partial charge in [-0.25, -0.2) is 0 Å². The molecule has 0 bridgehead atoms. The van der Waals surface area contributed by atoms with E-state index in [1.807, 2.05) is 12.1 Å². The van der Waals surface area contributed by atoms with E-state index < -0.39 is 0 Å². The van der Waals surface area contributed by atoms with Gasteiger partial charge in [-0.1, -0.05) is 30.7 Å². The van der Waals surface area contributed by atoms with Crippen LogP contribution in [0, 0.1) is 0 Å². The Morgan fingerprint density at radius 2 is 2.00 bits per heavy atom. The Bertz CT molecular complexity index is 798. The topological polar surface area (TPSA) is 35.8 Å². The molecule has 126 valence electrons. The summed E-state index contributed by atoms with van der Waals surface area (Å²) in [7, 11) is 2.12. The fraction of sp³-hybridized carbons (Fsp3) is 0.350. The van der Waals surface area contributed by atoms with Crippen molar-refractivity contribution in [3.63, 3.8) is 0 Å². The predicted molar refractivity (Wildman–Crippen MR) is 102 cm³/mol. The summed E-state index contributed by atoms with van der Waals surface area (Å²) in [5.74, 6) is 0.624.